The van der Waals surface area contributed by atoms with Crippen molar-refractivity contribution in [3.8, 4) is 11.3 Å². The summed E-state index contributed by atoms with van der Waals surface area (Å²) in [6.45, 7) is 0. The molecule has 0 aliphatic rings. The minimum Gasteiger partial charge on any atom is -0.478 e. The highest BCUT2D eigenvalue weighted by molar-refractivity contribution is 5.95. The van der Waals surface area contributed by atoms with Crippen LogP contribution in [-0.4, -0.2) is 25.4 Å². The van der Waals surface area contributed by atoms with E-state index in [-0.39, 0.29) is 5.56 Å². The predicted molar refractivity (Wildman–Crippen MR) is 65.4 cm³/mol. The second-order valence-corrected chi connectivity index (χ2v) is 3.82. The van der Waals surface area contributed by atoms with Crippen molar-refractivity contribution in [3.05, 3.63) is 54.7 Å². The van der Waals surface area contributed by atoms with Crippen molar-refractivity contribution in [3.63, 3.8) is 0 Å². The zero-order chi connectivity index (χ0) is 12.5. The average molecular weight is 239 g/mol. The maximum Gasteiger partial charge on any atom is 0.337 e. The first-order valence-corrected chi connectivity index (χ1v) is 5.36. The number of fused-ring (bicyclic) bond motifs is 1. The largest absolute Gasteiger partial charge is 0.478 e. The average Bonchev–Trinajstić information content (AvgIpc) is 2.82. The van der Waals surface area contributed by atoms with Crippen LogP contribution in [0.25, 0.3) is 16.8 Å². The summed E-state index contributed by atoms with van der Waals surface area (Å²) in [5, 5.41) is 9.17. The second kappa shape index (κ2) is 3.96. The van der Waals surface area contributed by atoms with Crippen molar-refractivity contribution in [2.24, 2.45) is 0 Å². The number of nitrogens with zero attached hydrogens (tertiary/aromatic N) is 3. The summed E-state index contributed by atoms with van der Waals surface area (Å²) in [6, 6.07) is 5.47. The van der Waals surface area contributed by atoms with Gasteiger partial charge in [0.05, 0.1) is 23.0 Å². The molecular weight excluding hydrogens is 230 g/mol. The van der Waals surface area contributed by atoms with Crippen LogP contribution >= 0.6 is 0 Å². The Balaban J connectivity index is 2.30. The van der Waals surface area contributed by atoms with Gasteiger partial charge < -0.3 is 9.51 Å². The smallest absolute Gasteiger partial charge is 0.337 e. The molecule has 0 atom stereocenters. The van der Waals surface area contributed by atoms with Crippen molar-refractivity contribution >= 4 is 11.5 Å². The Morgan fingerprint density at radius 1 is 1.11 bits per heavy atom. The standard InChI is InChI=1S/C13H9N3O2/c17-13(18)11-8-14-4-3-10(11)12-2-1-9-7-15-5-6-16(9)12/h1-8H,(H,17,18). The number of carboxylic acids is 1. The van der Waals surface area contributed by atoms with Crippen LogP contribution in [0.1, 0.15) is 10.4 Å². The van der Waals surface area contributed by atoms with Gasteiger partial charge in [0.15, 0.2) is 0 Å². The summed E-state index contributed by atoms with van der Waals surface area (Å²) in [4.78, 5) is 19.1. The Bertz CT molecular complexity index is 734. The quantitative estimate of drug-likeness (QED) is 0.743. The Labute approximate surface area is 102 Å². The minimum atomic E-state index is -0.984. The molecule has 0 aromatic carbocycles. The summed E-state index contributed by atoms with van der Waals surface area (Å²) < 4.78 is 1.90. The first kappa shape index (κ1) is 10.5. The molecule has 0 unspecified atom stereocenters. The molecule has 5 heteroatoms. The van der Waals surface area contributed by atoms with Gasteiger partial charge in [0.25, 0.3) is 0 Å². The molecule has 1 N–H and O–H groups in total. The Kier molecular flexibility index (Phi) is 2.30. The van der Waals surface area contributed by atoms with Gasteiger partial charge in [-0.25, -0.2) is 4.79 Å². The highest BCUT2D eigenvalue weighted by Gasteiger charge is 2.13. The summed E-state index contributed by atoms with van der Waals surface area (Å²) in [6.07, 6.45) is 8.14. The van der Waals surface area contributed by atoms with Gasteiger partial charge in [-0.3, -0.25) is 9.97 Å². The summed E-state index contributed by atoms with van der Waals surface area (Å²) in [7, 11) is 0. The van der Waals surface area contributed by atoms with Crippen LogP contribution in [0.3, 0.4) is 0 Å². The van der Waals surface area contributed by atoms with E-state index in [1.165, 1.54) is 6.20 Å². The van der Waals surface area contributed by atoms with Crippen LogP contribution in [0.4, 0.5) is 0 Å². The van der Waals surface area contributed by atoms with Crippen LogP contribution < -0.4 is 0 Å². The highest BCUT2D eigenvalue weighted by Crippen LogP contribution is 2.25. The van der Waals surface area contributed by atoms with Crippen LogP contribution in [0.5, 0.6) is 0 Å². The van der Waals surface area contributed by atoms with E-state index >= 15 is 0 Å². The molecule has 18 heavy (non-hydrogen) atoms. The first-order valence-electron chi connectivity index (χ1n) is 5.36. The van der Waals surface area contributed by atoms with Crippen LogP contribution in [-0.2, 0) is 0 Å². The predicted octanol–water partition coefficient (Wildman–Crippen LogP) is 2.09. The molecule has 0 spiro atoms. The summed E-state index contributed by atoms with van der Waals surface area (Å²) in [5.74, 6) is -0.984. The fraction of sp³-hybridized carbons (Fsp3) is 0. The molecule has 0 saturated heterocycles. The lowest BCUT2D eigenvalue weighted by molar-refractivity contribution is 0.0697. The molecule has 5 nitrogen and oxygen atoms in total. The third-order valence-corrected chi connectivity index (χ3v) is 2.79. The van der Waals surface area contributed by atoms with E-state index in [0.717, 1.165) is 11.2 Å². The Morgan fingerprint density at radius 2 is 1.94 bits per heavy atom. The number of aromatic nitrogens is 3. The summed E-state index contributed by atoms with van der Waals surface area (Å²) >= 11 is 0. The third kappa shape index (κ3) is 1.53. The SMILES string of the molecule is O=C(O)c1cnccc1-c1ccc2cnccn12. The highest BCUT2D eigenvalue weighted by atomic mass is 16.4. The van der Waals surface area contributed by atoms with Gasteiger partial charge >= 0.3 is 5.97 Å². The zero-order valence-corrected chi connectivity index (χ0v) is 9.32. The van der Waals surface area contributed by atoms with Crippen molar-refractivity contribution in [2.45, 2.75) is 0 Å². The monoisotopic (exact) mass is 239 g/mol. The number of hydrogen-bond donors (Lipinski definition) is 1. The molecule has 88 valence electrons. The van der Waals surface area contributed by atoms with Gasteiger partial charge in [0.2, 0.25) is 0 Å². The van der Waals surface area contributed by atoms with Gasteiger partial charge in [0.1, 0.15) is 0 Å². The molecule has 3 rings (SSSR count). The number of hydrogen-bond acceptors (Lipinski definition) is 3. The normalized spacial score (nSPS) is 10.7. The molecule has 0 saturated carbocycles. The fourth-order valence-corrected chi connectivity index (χ4v) is 1.97. The van der Waals surface area contributed by atoms with Crippen LogP contribution in [0.15, 0.2) is 49.2 Å². The van der Waals surface area contributed by atoms with E-state index in [0.29, 0.717) is 5.56 Å². The maximum absolute atomic E-state index is 11.2. The van der Waals surface area contributed by atoms with Gasteiger partial charge in [0, 0.05) is 30.4 Å². The van der Waals surface area contributed by atoms with Crippen molar-refractivity contribution in [1.82, 2.24) is 14.4 Å². The van der Waals surface area contributed by atoms with Crippen molar-refractivity contribution in [1.29, 1.82) is 0 Å². The lowest BCUT2D eigenvalue weighted by Crippen LogP contribution is -2.01. The van der Waals surface area contributed by atoms with E-state index in [4.69, 9.17) is 0 Å². The van der Waals surface area contributed by atoms with Gasteiger partial charge in [-0.2, -0.15) is 0 Å². The lowest BCUT2D eigenvalue weighted by atomic mass is 10.1. The topological polar surface area (TPSA) is 67.5 Å². The molecule has 3 aromatic rings. The molecule has 0 radical (unpaired) electrons. The van der Waals surface area contributed by atoms with Crippen LogP contribution in [0.2, 0.25) is 0 Å². The van der Waals surface area contributed by atoms with Gasteiger partial charge in [-0.05, 0) is 18.2 Å². The summed E-state index contributed by atoms with van der Waals surface area (Å²) in [5.41, 5.74) is 2.56. The Hall–Kier alpha value is -2.69. The number of rotatable bonds is 2. The molecule has 0 bridgehead atoms. The first-order chi connectivity index (χ1) is 8.77. The van der Waals surface area contributed by atoms with E-state index in [1.807, 2.05) is 16.5 Å². The molecule has 0 amide bonds. The Morgan fingerprint density at radius 3 is 2.78 bits per heavy atom. The van der Waals surface area contributed by atoms with Gasteiger partial charge in [-0.15, -0.1) is 0 Å². The number of carboxylic acid groups (broad SMARTS) is 1. The molecule has 3 heterocycles. The fourth-order valence-electron chi connectivity index (χ4n) is 1.97. The number of aromatic carboxylic acids is 1. The van der Waals surface area contributed by atoms with Crippen molar-refractivity contribution < 1.29 is 9.90 Å². The lowest BCUT2D eigenvalue weighted by Gasteiger charge is -2.05. The second-order valence-electron chi connectivity index (χ2n) is 3.82. The van der Waals surface area contributed by atoms with Crippen molar-refractivity contribution in [2.75, 3.05) is 0 Å². The third-order valence-electron chi connectivity index (χ3n) is 2.79. The molecule has 3 aromatic heterocycles. The van der Waals surface area contributed by atoms with Crippen LogP contribution in [0, 0.1) is 0 Å². The van der Waals surface area contributed by atoms with E-state index in [9.17, 15) is 9.90 Å². The van der Waals surface area contributed by atoms with E-state index in [1.54, 1.807) is 30.9 Å². The maximum atomic E-state index is 11.2. The van der Waals surface area contributed by atoms with E-state index < -0.39 is 5.97 Å². The van der Waals surface area contributed by atoms with E-state index in [2.05, 4.69) is 9.97 Å². The molecule has 0 aliphatic heterocycles. The van der Waals surface area contributed by atoms with Gasteiger partial charge in [-0.1, -0.05) is 0 Å². The number of pyridine rings is 1. The molecule has 0 aliphatic carbocycles. The number of carbonyl (C=O) groups is 1. The minimum absolute atomic E-state index is 0.189. The zero-order valence-electron chi connectivity index (χ0n) is 9.32. The molecular formula is C13H9N3O2. The molecule has 0 fully saturated rings.